The monoisotopic (exact) mass is 476 g/mol. The second-order valence-corrected chi connectivity index (χ2v) is 9.96. The van der Waals surface area contributed by atoms with Crippen LogP contribution in [0, 0.1) is 0 Å². The van der Waals surface area contributed by atoms with Crippen LogP contribution in [0.1, 0.15) is 45.1 Å². The molecule has 1 aromatic heterocycles. The molecular weight excluding hydrogens is 440 g/mol. The van der Waals surface area contributed by atoms with Crippen LogP contribution in [-0.2, 0) is 4.79 Å². The number of hydrogen-bond acceptors (Lipinski definition) is 8. The number of carbonyl (C=O) groups excluding carboxylic acids is 1. The maximum Gasteiger partial charge on any atom is 0.229 e. The van der Waals surface area contributed by atoms with Crippen LogP contribution in [-0.4, -0.2) is 73.6 Å². The first-order valence-corrected chi connectivity index (χ1v) is 12.7. The number of Topliss-reactive ketones (excluding diaryl/α,β-unsaturated/α-hetero) is 1. The van der Waals surface area contributed by atoms with Crippen LogP contribution in [0.2, 0.25) is 0 Å². The van der Waals surface area contributed by atoms with E-state index in [9.17, 15) is 4.79 Å². The Bertz CT molecular complexity index is 1130. The number of rotatable bonds is 6. The van der Waals surface area contributed by atoms with Crippen molar-refractivity contribution in [2.24, 2.45) is 0 Å². The first-order chi connectivity index (χ1) is 16.9. The van der Waals surface area contributed by atoms with Gasteiger partial charge in [-0.2, -0.15) is 4.98 Å². The van der Waals surface area contributed by atoms with Crippen LogP contribution in [0.3, 0.4) is 0 Å². The van der Waals surface area contributed by atoms with E-state index in [1.54, 1.807) is 14.0 Å². The van der Waals surface area contributed by atoms with Crippen molar-refractivity contribution in [3.8, 4) is 5.75 Å². The van der Waals surface area contributed by atoms with Gasteiger partial charge in [0, 0.05) is 67.9 Å². The van der Waals surface area contributed by atoms with Crippen molar-refractivity contribution in [2.75, 3.05) is 62.0 Å². The van der Waals surface area contributed by atoms with Crippen LogP contribution >= 0.6 is 0 Å². The number of piperazine rings is 1. The maximum absolute atomic E-state index is 12.4. The Morgan fingerprint density at radius 3 is 2.57 bits per heavy atom. The summed E-state index contributed by atoms with van der Waals surface area (Å²) in [5.74, 6) is 2.36. The van der Waals surface area contributed by atoms with Gasteiger partial charge in [-0.05, 0) is 51.4 Å². The van der Waals surface area contributed by atoms with Crippen molar-refractivity contribution in [1.29, 1.82) is 0 Å². The molecule has 1 N–H and O–H groups in total. The van der Waals surface area contributed by atoms with Crippen molar-refractivity contribution >= 4 is 34.5 Å². The number of carbonyl (C=O) groups is 1. The Labute approximate surface area is 208 Å². The number of nitrogens with zero attached hydrogens (tertiary/aromatic N) is 5. The molecule has 35 heavy (non-hydrogen) atoms. The molecule has 1 saturated carbocycles. The highest BCUT2D eigenvalue weighted by atomic mass is 16.5. The van der Waals surface area contributed by atoms with Gasteiger partial charge >= 0.3 is 0 Å². The maximum atomic E-state index is 12.4. The molecule has 8 nitrogen and oxygen atoms in total. The van der Waals surface area contributed by atoms with Gasteiger partial charge in [0.2, 0.25) is 5.95 Å². The topological polar surface area (TPSA) is 73.8 Å². The number of likely N-dealkylation sites (N-methyl/N-ethyl adjacent to an activating group) is 1. The highest BCUT2D eigenvalue weighted by molar-refractivity contribution is 6.04. The third kappa shape index (κ3) is 4.72. The number of aromatic nitrogens is 2. The molecule has 2 aliphatic heterocycles. The van der Waals surface area contributed by atoms with E-state index < -0.39 is 0 Å². The average molecular weight is 477 g/mol. The second-order valence-electron chi connectivity index (χ2n) is 9.96. The minimum atomic E-state index is 0.128. The first kappa shape index (κ1) is 23.6. The summed E-state index contributed by atoms with van der Waals surface area (Å²) in [6, 6.07) is 6.67. The predicted molar refractivity (Wildman–Crippen MR) is 141 cm³/mol. The fraction of sp³-hybridized carbons (Fsp3) is 0.519. The lowest BCUT2D eigenvalue weighted by atomic mass is 9.94. The summed E-state index contributed by atoms with van der Waals surface area (Å²) < 4.78 is 5.73. The highest BCUT2D eigenvalue weighted by Crippen LogP contribution is 2.39. The second kappa shape index (κ2) is 9.85. The Hall–Kier alpha value is -3.13. The normalized spacial score (nSPS) is 19.2. The standard InChI is InChI=1S/C27H36N6O2/c1-18-22-16-28-27(30-26(22)33(17-23(18)19(2)34)20-7-5-6-8-20)29-24-10-9-21(15-25(24)35-4)32-13-11-31(3)12-14-32/h9-10,15-16,20H,5-8,11-14,17H2,1-4H3,(H,28,29,30). The number of nitrogens with one attached hydrogen (secondary N) is 1. The number of anilines is 4. The Balaban J connectivity index is 1.44. The van der Waals surface area contributed by atoms with Crippen LogP contribution in [0.4, 0.5) is 23.1 Å². The molecular formula is C27H36N6O2. The molecule has 0 amide bonds. The number of ketones is 1. The lowest BCUT2D eigenvalue weighted by Gasteiger charge is -2.36. The van der Waals surface area contributed by atoms with Crippen LogP contribution in [0.15, 0.2) is 30.0 Å². The summed E-state index contributed by atoms with van der Waals surface area (Å²) in [6.07, 6.45) is 6.58. The molecule has 2 aromatic rings. The molecule has 0 bridgehead atoms. The van der Waals surface area contributed by atoms with E-state index in [2.05, 4.69) is 44.2 Å². The van der Waals surface area contributed by atoms with Gasteiger partial charge in [-0.15, -0.1) is 0 Å². The number of fused-ring (bicyclic) bond motifs is 1. The van der Waals surface area contributed by atoms with E-state index in [-0.39, 0.29) is 5.78 Å². The summed E-state index contributed by atoms with van der Waals surface area (Å²) in [5.41, 5.74) is 4.82. The molecule has 1 aromatic carbocycles. The summed E-state index contributed by atoms with van der Waals surface area (Å²) in [4.78, 5) is 29.0. The highest BCUT2D eigenvalue weighted by Gasteiger charge is 2.32. The van der Waals surface area contributed by atoms with Gasteiger partial charge < -0.3 is 24.8 Å². The molecule has 0 atom stereocenters. The fourth-order valence-electron chi connectivity index (χ4n) is 5.50. The zero-order valence-corrected chi connectivity index (χ0v) is 21.3. The van der Waals surface area contributed by atoms with Gasteiger partial charge in [0.25, 0.3) is 0 Å². The summed E-state index contributed by atoms with van der Waals surface area (Å²) in [6.45, 7) is 8.42. The van der Waals surface area contributed by atoms with E-state index in [0.29, 0.717) is 18.5 Å². The number of benzene rings is 1. The number of methoxy groups -OCH3 is 1. The quantitative estimate of drug-likeness (QED) is 0.668. The SMILES string of the molecule is COc1cc(N2CCN(C)CC2)ccc1Nc1ncc2c(n1)N(C1CCCC1)CC(C(C)=O)=C2C. The van der Waals surface area contributed by atoms with Crippen LogP contribution < -0.4 is 19.9 Å². The molecule has 1 saturated heterocycles. The minimum Gasteiger partial charge on any atom is -0.494 e. The molecule has 1 aliphatic carbocycles. The number of allylic oxidation sites excluding steroid dienone is 1. The summed E-state index contributed by atoms with van der Waals surface area (Å²) in [7, 11) is 3.86. The zero-order valence-electron chi connectivity index (χ0n) is 21.3. The van der Waals surface area contributed by atoms with Crippen LogP contribution in [0.5, 0.6) is 5.75 Å². The number of ether oxygens (including phenoxy) is 1. The fourth-order valence-corrected chi connectivity index (χ4v) is 5.50. The van der Waals surface area contributed by atoms with E-state index in [4.69, 9.17) is 9.72 Å². The minimum absolute atomic E-state index is 0.128. The molecule has 186 valence electrons. The van der Waals surface area contributed by atoms with Gasteiger partial charge in [0.1, 0.15) is 11.6 Å². The molecule has 0 spiro atoms. The Morgan fingerprint density at radius 2 is 1.89 bits per heavy atom. The van der Waals surface area contributed by atoms with Crippen molar-refractivity contribution in [3.05, 3.63) is 35.5 Å². The molecule has 0 radical (unpaired) electrons. The van der Waals surface area contributed by atoms with E-state index >= 15 is 0 Å². The van der Waals surface area contributed by atoms with Gasteiger partial charge in [0.05, 0.1) is 12.8 Å². The third-order valence-electron chi connectivity index (χ3n) is 7.72. The van der Waals surface area contributed by atoms with E-state index in [1.165, 1.54) is 12.8 Å². The molecule has 0 unspecified atom stereocenters. The molecule has 2 fully saturated rings. The van der Waals surface area contributed by atoms with E-state index in [0.717, 1.165) is 78.7 Å². The van der Waals surface area contributed by atoms with Crippen molar-refractivity contribution in [1.82, 2.24) is 14.9 Å². The lowest BCUT2D eigenvalue weighted by molar-refractivity contribution is -0.113. The number of hydrogen-bond donors (Lipinski definition) is 1. The first-order valence-electron chi connectivity index (χ1n) is 12.7. The predicted octanol–water partition coefficient (Wildman–Crippen LogP) is 4.11. The van der Waals surface area contributed by atoms with Gasteiger partial charge in [0.15, 0.2) is 5.78 Å². The van der Waals surface area contributed by atoms with Gasteiger partial charge in [-0.1, -0.05) is 12.8 Å². The zero-order chi connectivity index (χ0) is 24.5. The van der Waals surface area contributed by atoms with Crippen LogP contribution in [0.25, 0.3) is 5.57 Å². The van der Waals surface area contributed by atoms with Crippen molar-refractivity contribution in [3.63, 3.8) is 0 Å². The average Bonchev–Trinajstić information content (AvgIpc) is 3.39. The Morgan fingerprint density at radius 1 is 1.14 bits per heavy atom. The lowest BCUT2D eigenvalue weighted by Crippen LogP contribution is -2.44. The molecule has 3 heterocycles. The molecule has 5 rings (SSSR count). The van der Waals surface area contributed by atoms with Gasteiger partial charge in [-0.3, -0.25) is 4.79 Å². The Kier molecular flexibility index (Phi) is 6.65. The van der Waals surface area contributed by atoms with Crippen molar-refractivity contribution < 1.29 is 9.53 Å². The van der Waals surface area contributed by atoms with Gasteiger partial charge in [-0.25, -0.2) is 4.98 Å². The summed E-state index contributed by atoms with van der Waals surface area (Å²) in [5, 5.41) is 3.39. The van der Waals surface area contributed by atoms with Crippen molar-refractivity contribution in [2.45, 2.75) is 45.6 Å². The largest absolute Gasteiger partial charge is 0.494 e. The third-order valence-corrected chi connectivity index (χ3v) is 7.72. The smallest absolute Gasteiger partial charge is 0.229 e. The van der Waals surface area contributed by atoms with E-state index in [1.807, 2.05) is 19.2 Å². The molecule has 3 aliphatic rings. The molecule has 8 heteroatoms. The summed E-state index contributed by atoms with van der Waals surface area (Å²) >= 11 is 0.